The van der Waals surface area contributed by atoms with Gasteiger partial charge in [0.2, 0.25) is 0 Å². The third kappa shape index (κ3) is 9.82. The molecule has 2 rings (SSSR count). The molecule has 7 heteroatoms. The summed E-state index contributed by atoms with van der Waals surface area (Å²) in [7, 11) is 1.77. The van der Waals surface area contributed by atoms with E-state index in [4.69, 9.17) is 14.5 Å². The van der Waals surface area contributed by atoms with Gasteiger partial charge in [-0.1, -0.05) is 30.9 Å². The number of hydrogen-bond donors (Lipinski definition) is 2. The van der Waals surface area contributed by atoms with Crippen molar-refractivity contribution in [2.75, 3.05) is 53.0 Å². The van der Waals surface area contributed by atoms with Gasteiger partial charge in [-0.2, -0.15) is 0 Å². The normalized spacial score (nSPS) is 15.4. The lowest BCUT2D eigenvalue weighted by molar-refractivity contribution is 0.121. The van der Waals surface area contributed by atoms with Crippen LogP contribution in [0.4, 0.5) is 0 Å². The van der Waals surface area contributed by atoms with E-state index < -0.39 is 0 Å². The van der Waals surface area contributed by atoms with Gasteiger partial charge in [0.25, 0.3) is 0 Å². The largest absolute Gasteiger partial charge is 0.489 e. The van der Waals surface area contributed by atoms with Crippen LogP contribution in [0.2, 0.25) is 0 Å². The van der Waals surface area contributed by atoms with Gasteiger partial charge in [0, 0.05) is 32.3 Å². The molecule has 1 heterocycles. The van der Waals surface area contributed by atoms with E-state index >= 15 is 0 Å². The Bertz CT molecular complexity index is 604. The molecule has 2 N–H and O–H groups in total. The molecule has 164 valence electrons. The fraction of sp³-hybridized carbons (Fsp3) is 0.591. The van der Waals surface area contributed by atoms with Crippen molar-refractivity contribution in [1.82, 2.24) is 15.5 Å². The SMILES string of the molecule is C=CCOc1ccccc1CN=C(NCC)NCC1CCN(CCOC)CC1.I. The third-order valence-corrected chi connectivity index (χ3v) is 4.96. The first kappa shape index (κ1) is 25.7. The minimum atomic E-state index is 0. The Hall–Kier alpha value is -1.32. The molecular formula is C22H37IN4O2. The van der Waals surface area contributed by atoms with Gasteiger partial charge >= 0.3 is 0 Å². The van der Waals surface area contributed by atoms with Gasteiger partial charge in [0.05, 0.1) is 13.2 Å². The molecule has 0 saturated carbocycles. The first-order valence-electron chi connectivity index (χ1n) is 10.3. The van der Waals surface area contributed by atoms with Crippen LogP contribution >= 0.6 is 24.0 Å². The molecule has 6 nitrogen and oxygen atoms in total. The lowest BCUT2D eigenvalue weighted by atomic mass is 9.97. The lowest BCUT2D eigenvalue weighted by Gasteiger charge is -2.32. The molecule has 0 aromatic heterocycles. The minimum absolute atomic E-state index is 0. The summed E-state index contributed by atoms with van der Waals surface area (Å²) in [5, 5.41) is 6.87. The van der Waals surface area contributed by atoms with Gasteiger partial charge in [-0.05, 0) is 44.8 Å². The summed E-state index contributed by atoms with van der Waals surface area (Å²) >= 11 is 0. The zero-order valence-electron chi connectivity index (χ0n) is 17.9. The fourth-order valence-corrected chi connectivity index (χ4v) is 3.31. The van der Waals surface area contributed by atoms with E-state index in [9.17, 15) is 0 Å². The fourth-order valence-electron chi connectivity index (χ4n) is 3.31. The number of likely N-dealkylation sites (tertiary alicyclic amines) is 1. The van der Waals surface area contributed by atoms with Crippen molar-refractivity contribution >= 4 is 29.9 Å². The van der Waals surface area contributed by atoms with Crippen molar-refractivity contribution in [3.05, 3.63) is 42.5 Å². The summed E-state index contributed by atoms with van der Waals surface area (Å²) < 4.78 is 10.9. The Kier molecular flexibility index (Phi) is 13.8. The second kappa shape index (κ2) is 15.5. The van der Waals surface area contributed by atoms with Gasteiger partial charge < -0.3 is 25.0 Å². The molecule has 1 aromatic carbocycles. The number of guanidine groups is 1. The first-order chi connectivity index (χ1) is 13.8. The maximum Gasteiger partial charge on any atom is 0.191 e. The smallest absolute Gasteiger partial charge is 0.191 e. The van der Waals surface area contributed by atoms with Crippen LogP contribution < -0.4 is 15.4 Å². The molecule has 1 saturated heterocycles. The molecule has 0 spiro atoms. The van der Waals surface area contributed by atoms with Crippen LogP contribution in [0.15, 0.2) is 41.9 Å². The van der Waals surface area contributed by atoms with E-state index in [1.807, 2.05) is 18.2 Å². The average Bonchev–Trinajstić information content (AvgIpc) is 2.74. The summed E-state index contributed by atoms with van der Waals surface area (Å²) in [6, 6.07) is 8.03. The highest BCUT2D eigenvalue weighted by Gasteiger charge is 2.19. The average molecular weight is 516 g/mol. The maximum atomic E-state index is 5.73. The van der Waals surface area contributed by atoms with E-state index in [0.29, 0.717) is 19.1 Å². The molecule has 0 unspecified atom stereocenters. The molecule has 0 aliphatic carbocycles. The van der Waals surface area contributed by atoms with Crippen LogP contribution in [-0.2, 0) is 11.3 Å². The van der Waals surface area contributed by atoms with Crippen molar-refractivity contribution < 1.29 is 9.47 Å². The zero-order valence-corrected chi connectivity index (χ0v) is 20.2. The summed E-state index contributed by atoms with van der Waals surface area (Å²) in [5.41, 5.74) is 1.08. The van der Waals surface area contributed by atoms with Crippen LogP contribution in [0.25, 0.3) is 0 Å². The molecule has 29 heavy (non-hydrogen) atoms. The number of nitrogens with zero attached hydrogens (tertiary/aromatic N) is 2. The Labute approximate surface area is 193 Å². The van der Waals surface area contributed by atoms with Gasteiger partial charge in [-0.3, -0.25) is 0 Å². The molecule has 1 aromatic rings. The summed E-state index contributed by atoms with van der Waals surface area (Å²) in [6.45, 7) is 12.8. The van der Waals surface area contributed by atoms with E-state index in [0.717, 1.165) is 56.6 Å². The Morgan fingerprint density at radius 3 is 2.72 bits per heavy atom. The highest BCUT2D eigenvalue weighted by atomic mass is 127. The second-order valence-electron chi connectivity index (χ2n) is 7.06. The van der Waals surface area contributed by atoms with Crippen molar-refractivity contribution in [2.45, 2.75) is 26.3 Å². The van der Waals surface area contributed by atoms with Crippen LogP contribution in [-0.4, -0.2) is 63.9 Å². The number of nitrogens with one attached hydrogen (secondary N) is 2. The Balaban J connectivity index is 0.00000420. The molecule has 0 bridgehead atoms. The predicted octanol–water partition coefficient (Wildman–Crippen LogP) is 3.28. The van der Waals surface area contributed by atoms with E-state index in [1.54, 1.807) is 13.2 Å². The van der Waals surface area contributed by atoms with E-state index in [1.165, 1.54) is 12.8 Å². The Morgan fingerprint density at radius 2 is 2.03 bits per heavy atom. The Morgan fingerprint density at radius 1 is 1.28 bits per heavy atom. The molecule has 0 atom stereocenters. The van der Waals surface area contributed by atoms with Crippen LogP contribution in [0.5, 0.6) is 5.75 Å². The van der Waals surface area contributed by atoms with Crippen molar-refractivity contribution in [3.63, 3.8) is 0 Å². The molecular weight excluding hydrogens is 479 g/mol. The maximum absolute atomic E-state index is 5.73. The van der Waals surface area contributed by atoms with Gasteiger partial charge in [0.1, 0.15) is 12.4 Å². The van der Waals surface area contributed by atoms with E-state index in [-0.39, 0.29) is 24.0 Å². The highest BCUT2D eigenvalue weighted by molar-refractivity contribution is 14.0. The van der Waals surface area contributed by atoms with Gasteiger partial charge in [-0.25, -0.2) is 4.99 Å². The van der Waals surface area contributed by atoms with Gasteiger partial charge in [-0.15, -0.1) is 24.0 Å². The monoisotopic (exact) mass is 516 g/mol. The topological polar surface area (TPSA) is 58.1 Å². The van der Waals surface area contributed by atoms with Gasteiger partial charge in [0.15, 0.2) is 5.96 Å². The predicted molar refractivity (Wildman–Crippen MR) is 131 cm³/mol. The number of aliphatic imine (C=N–C) groups is 1. The quantitative estimate of drug-likeness (QED) is 0.205. The number of rotatable bonds is 11. The number of hydrogen-bond acceptors (Lipinski definition) is 4. The standard InChI is InChI=1S/C22H36N4O2.HI/c1-4-15-28-21-9-7-6-8-20(21)18-25-22(23-5-2)24-17-19-10-12-26(13-11-19)14-16-27-3;/h4,6-9,19H,1,5,10-18H2,2-3H3,(H2,23,24,25);1H. The van der Waals surface area contributed by atoms with Crippen LogP contribution in [0.1, 0.15) is 25.3 Å². The zero-order chi connectivity index (χ0) is 20.0. The number of para-hydroxylation sites is 1. The number of benzene rings is 1. The summed E-state index contributed by atoms with van der Waals surface area (Å²) in [4.78, 5) is 7.24. The molecule has 1 fully saturated rings. The van der Waals surface area contributed by atoms with Crippen molar-refractivity contribution in [2.24, 2.45) is 10.9 Å². The second-order valence-corrected chi connectivity index (χ2v) is 7.06. The van der Waals surface area contributed by atoms with Crippen molar-refractivity contribution in [3.8, 4) is 5.75 Å². The molecule has 0 radical (unpaired) electrons. The van der Waals surface area contributed by atoms with E-state index in [2.05, 4.69) is 35.1 Å². The number of ether oxygens (including phenoxy) is 2. The number of halogens is 1. The summed E-state index contributed by atoms with van der Waals surface area (Å²) in [5.74, 6) is 2.42. The van der Waals surface area contributed by atoms with Crippen molar-refractivity contribution in [1.29, 1.82) is 0 Å². The first-order valence-corrected chi connectivity index (χ1v) is 10.3. The molecule has 1 aliphatic heterocycles. The molecule has 1 aliphatic rings. The number of piperidine rings is 1. The third-order valence-electron chi connectivity index (χ3n) is 4.96. The number of methoxy groups -OCH3 is 1. The summed E-state index contributed by atoms with van der Waals surface area (Å²) in [6.07, 6.45) is 4.19. The van der Waals surface area contributed by atoms with Crippen LogP contribution in [0.3, 0.4) is 0 Å². The van der Waals surface area contributed by atoms with Crippen LogP contribution in [0, 0.1) is 5.92 Å². The minimum Gasteiger partial charge on any atom is -0.489 e. The molecule has 0 amide bonds. The lowest BCUT2D eigenvalue weighted by Crippen LogP contribution is -2.43. The highest BCUT2D eigenvalue weighted by Crippen LogP contribution is 2.19.